The molecule has 5 rings (SSSR count). The van der Waals surface area contributed by atoms with Gasteiger partial charge in [0.15, 0.2) is 0 Å². The number of nitriles is 1. The highest BCUT2D eigenvalue weighted by Gasteiger charge is 2.51. The molecule has 4 saturated carbocycles. The summed E-state index contributed by atoms with van der Waals surface area (Å²) >= 11 is 0. The number of hydrogen-bond donors (Lipinski definition) is 2. The fourth-order valence-electron chi connectivity index (χ4n) is 5.81. The van der Waals surface area contributed by atoms with Crippen molar-refractivity contribution in [2.45, 2.75) is 49.8 Å². The Labute approximate surface area is 154 Å². The van der Waals surface area contributed by atoms with E-state index >= 15 is 0 Å². The molecule has 0 aromatic heterocycles. The average molecular weight is 373 g/mol. The summed E-state index contributed by atoms with van der Waals surface area (Å²) in [6.45, 7) is 0. The number of sulfonamides is 1. The number of hydrogen-bond acceptors (Lipinski definition) is 4. The van der Waals surface area contributed by atoms with E-state index in [4.69, 9.17) is 5.26 Å². The minimum absolute atomic E-state index is 0.0355. The number of rotatable bonds is 5. The Kier molecular flexibility index (Phi) is 4.28. The second-order valence-corrected chi connectivity index (χ2v) is 10.1. The van der Waals surface area contributed by atoms with Crippen LogP contribution >= 0.6 is 0 Å². The predicted octanol–water partition coefficient (Wildman–Crippen LogP) is 2.47. The summed E-state index contributed by atoms with van der Waals surface area (Å²) in [6, 6.07) is 7.63. The Balaban J connectivity index is 1.39. The lowest BCUT2D eigenvalue weighted by Gasteiger charge is -2.56. The number of amides is 1. The zero-order valence-corrected chi connectivity index (χ0v) is 15.4. The highest BCUT2D eigenvalue weighted by atomic mass is 32.2. The molecule has 1 aromatic rings. The highest BCUT2D eigenvalue weighted by molar-refractivity contribution is 7.89. The summed E-state index contributed by atoms with van der Waals surface area (Å²) in [5.74, 6) is 1.98. The van der Waals surface area contributed by atoms with Crippen molar-refractivity contribution in [2.24, 2.45) is 23.2 Å². The van der Waals surface area contributed by atoms with Gasteiger partial charge in [-0.2, -0.15) is 5.26 Å². The zero-order chi connectivity index (χ0) is 18.4. The summed E-state index contributed by atoms with van der Waals surface area (Å²) in [7, 11) is -3.89. The van der Waals surface area contributed by atoms with Gasteiger partial charge in [0, 0.05) is 6.42 Å². The van der Waals surface area contributed by atoms with Crippen LogP contribution in [0.3, 0.4) is 0 Å². The van der Waals surface area contributed by atoms with Gasteiger partial charge in [-0.05, 0) is 79.9 Å². The van der Waals surface area contributed by atoms with E-state index in [1.165, 1.54) is 43.5 Å². The molecule has 4 bridgehead atoms. The minimum atomic E-state index is -3.89. The molecule has 4 aliphatic rings. The maximum Gasteiger partial charge on any atom is 0.257 e. The smallest absolute Gasteiger partial charge is 0.257 e. The van der Waals surface area contributed by atoms with Gasteiger partial charge in [0.1, 0.15) is 0 Å². The standard InChI is InChI=1S/C19H23N3O3S/c20-12-13-2-1-3-17(7-13)26(24,25)22-21-18(23)11-19-8-14-4-15(9-19)6-16(5-14)10-19/h1-3,7,14-16,22H,4-6,8-11H2,(H,21,23). The van der Waals surface area contributed by atoms with Crippen molar-refractivity contribution in [3.05, 3.63) is 29.8 Å². The Bertz CT molecular complexity index is 837. The van der Waals surface area contributed by atoms with Gasteiger partial charge in [-0.1, -0.05) is 6.07 Å². The first-order chi connectivity index (χ1) is 12.4. The van der Waals surface area contributed by atoms with Crippen molar-refractivity contribution >= 4 is 15.9 Å². The number of nitrogens with one attached hydrogen (secondary N) is 2. The first-order valence-corrected chi connectivity index (χ1v) is 10.7. The van der Waals surface area contributed by atoms with Crippen LogP contribution in [0.4, 0.5) is 0 Å². The summed E-state index contributed by atoms with van der Waals surface area (Å²) in [4.78, 5) is 14.6. The van der Waals surface area contributed by atoms with E-state index in [0.29, 0.717) is 6.42 Å². The van der Waals surface area contributed by atoms with Crippen molar-refractivity contribution in [3.8, 4) is 6.07 Å². The molecule has 7 heteroatoms. The molecule has 0 radical (unpaired) electrons. The van der Waals surface area contributed by atoms with Gasteiger partial charge >= 0.3 is 0 Å². The molecule has 2 N–H and O–H groups in total. The number of carbonyl (C=O) groups excluding carboxylic acids is 1. The third-order valence-corrected chi connectivity index (χ3v) is 7.54. The first-order valence-electron chi connectivity index (χ1n) is 9.18. The zero-order valence-electron chi connectivity index (χ0n) is 14.6. The van der Waals surface area contributed by atoms with Crippen LogP contribution in [0.1, 0.15) is 50.5 Å². The summed E-state index contributed by atoms with van der Waals surface area (Å²) in [5.41, 5.74) is 2.69. The maximum absolute atomic E-state index is 12.4. The van der Waals surface area contributed by atoms with Gasteiger partial charge in [-0.25, -0.2) is 8.42 Å². The molecule has 1 amide bonds. The predicted molar refractivity (Wildman–Crippen MR) is 94.8 cm³/mol. The van der Waals surface area contributed by atoms with Crippen LogP contribution in [-0.4, -0.2) is 14.3 Å². The summed E-state index contributed by atoms with van der Waals surface area (Å²) in [6.07, 6.45) is 7.61. The Morgan fingerprint density at radius 1 is 1.15 bits per heavy atom. The molecular formula is C19H23N3O3S. The number of nitrogens with zero attached hydrogens (tertiary/aromatic N) is 1. The summed E-state index contributed by atoms with van der Waals surface area (Å²) < 4.78 is 24.7. The molecule has 0 spiro atoms. The molecule has 4 fully saturated rings. The molecule has 0 saturated heterocycles. The van der Waals surface area contributed by atoms with E-state index in [-0.39, 0.29) is 21.8 Å². The van der Waals surface area contributed by atoms with Crippen molar-refractivity contribution in [1.29, 1.82) is 5.26 Å². The Hall–Kier alpha value is -1.91. The maximum atomic E-state index is 12.4. The fourth-order valence-corrected chi connectivity index (χ4v) is 6.71. The van der Waals surface area contributed by atoms with E-state index in [1.54, 1.807) is 0 Å². The molecule has 4 aliphatic carbocycles. The molecule has 0 aliphatic heterocycles. The van der Waals surface area contributed by atoms with Crippen LogP contribution in [-0.2, 0) is 14.8 Å². The van der Waals surface area contributed by atoms with Gasteiger partial charge < -0.3 is 0 Å². The third-order valence-electron chi connectivity index (χ3n) is 6.30. The number of benzene rings is 1. The molecule has 1 aromatic carbocycles. The molecule has 138 valence electrons. The Morgan fingerprint density at radius 2 is 1.77 bits per heavy atom. The topological polar surface area (TPSA) is 99.1 Å². The second kappa shape index (κ2) is 6.36. The lowest BCUT2D eigenvalue weighted by molar-refractivity contribution is -0.129. The van der Waals surface area contributed by atoms with Crippen LogP contribution in [0.2, 0.25) is 0 Å². The van der Waals surface area contributed by atoms with Crippen LogP contribution in [0.25, 0.3) is 0 Å². The lowest BCUT2D eigenvalue weighted by Crippen LogP contribution is -2.50. The largest absolute Gasteiger partial charge is 0.278 e. The quantitative estimate of drug-likeness (QED) is 0.775. The molecular weight excluding hydrogens is 350 g/mol. The van der Waals surface area contributed by atoms with Gasteiger partial charge in [-0.15, -0.1) is 4.83 Å². The van der Waals surface area contributed by atoms with Crippen LogP contribution in [0.5, 0.6) is 0 Å². The monoisotopic (exact) mass is 373 g/mol. The van der Waals surface area contributed by atoms with Crippen molar-refractivity contribution in [2.75, 3.05) is 0 Å². The van der Waals surface area contributed by atoms with Gasteiger partial charge in [0.05, 0.1) is 16.5 Å². The van der Waals surface area contributed by atoms with E-state index in [0.717, 1.165) is 37.0 Å². The lowest BCUT2D eigenvalue weighted by atomic mass is 9.49. The van der Waals surface area contributed by atoms with Crippen LogP contribution in [0.15, 0.2) is 29.2 Å². The Morgan fingerprint density at radius 3 is 2.35 bits per heavy atom. The van der Waals surface area contributed by atoms with E-state index in [2.05, 4.69) is 10.3 Å². The number of hydrazine groups is 1. The van der Waals surface area contributed by atoms with E-state index in [9.17, 15) is 13.2 Å². The van der Waals surface area contributed by atoms with Crippen molar-refractivity contribution < 1.29 is 13.2 Å². The molecule has 0 atom stereocenters. The second-order valence-electron chi connectivity index (χ2n) is 8.39. The van der Waals surface area contributed by atoms with Crippen molar-refractivity contribution in [3.63, 3.8) is 0 Å². The molecule has 6 nitrogen and oxygen atoms in total. The summed E-state index contributed by atoms with van der Waals surface area (Å²) in [5, 5.41) is 8.90. The first kappa shape index (κ1) is 17.5. The van der Waals surface area contributed by atoms with E-state index < -0.39 is 10.0 Å². The highest BCUT2D eigenvalue weighted by Crippen LogP contribution is 2.61. The molecule has 0 heterocycles. The average Bonchev–Trinajstić information content (AvgIpc) is 2.58. The van der Waals surface area contributed by atoms with Crippen LogP contribution in [0, 0.1) is 34.5 Å². The molecule has 0 unspecified atom stereocenters. The number of carbonyl (C=O) groups is 1. The molecule has 26 heavy (non-hydrogen) atoms. The SMILES string of the molecule is N#Cc1cccc(S(=O)(=O)NNC(=O)CC23CC4CC(CC(C4)C2)C3)c1. The van der Waals surface area contributed by atoms with Gasteiger partial charge in [0.2, 0.25) is 5.91 Å². The van der Waals surface area contributed by atoms with Gasteiger partial charge in [-0.3, -0.25) is 10.2 Å². The van der Waals surface area contributed by atoms with Crippen LogP contribution < -0.4 is 10.3 Å². The fraction of sp³-hybridized carbons (Fsp3) is 0.579. The van der Waals surface area contributed by atoms with Gasteiger partial charge in [0.25, 0.3) is 10.0 Å². The third kappa shape index (κ3) is 3.36. The van der Waals surface area contributed by atoms with Crippen molar-refractivity contribution in [1.82, 2.24) is 10.3 Å². The van der Waals surface area contributed by atoms with E-state index in [1.807, 2.05) is 6.07 Å². The normalized spacial score (nSPS) is 32.2. The minimum Gasteiger partial charge on any atom is -0.278 e.